The highest BCUT2D eigenvalue weighted by molar-refractivity contribution is 7.82. The highest BCUT2D eigenvalue weighted by Gasteiger charge is 2.28. The second-order valence-electron chi connectivity index (χ2n) is 8.32. The average Bonchev–Trinajstić information content (AvgIpc) is 3.08. The summed E-state index contributed by atoms with van der Waals surface area (Å²) in [6.07, 6.45) is 9.60. The van der Waals surface area contributed by atoms with Gasteiger partial charge < -0.3 is 10.1 Å². The number of aryl methyl sites for hydroxylation is 1. The molecule has 7 heteroatoms. The number of nitrogens with one attached hydrogen (secondary N) is 2. The Labute approximate surface area is 170 Å². The maximum Gasteiger partial charge on any atom is 0.0886 e. The normalized spacial score (nSPS) is 29.8. The molecule has 154 valence electrons. The summed E-state index contributed by atoms with van der Waals surface area (Å²) < 4.78 is 23.0. The van der Waals surface area contributed by atoms with Crippen molar-refractivity contribution in [1.82, 2.24) is 19.8 Å². The molecule has 2 fully saturated rings. The minimum absolute atomic E-state index is 0.286. The highest BCUT2D eigenvalue weighted by atomic mass is 32.2. The van der Waals surface area contributed by atoms with Crippen molar-refractivity contribution in [3.8, 4) is 0 Å². The molecule has 1 saturated heterocycles. The van der Waals surface area contributed by atoms with Crippen LogP contribution in [-0.2, 0) is 22.8 Å². The van der Waals surface area contributed by atoms with Gasteiger partial charge in [0.2, 0.25) is 0 Å². The lowest BCUT2D eigenvalue weighted by Crippen LogP contribution is -2.50. The van der Waals surface area contributed by atoms with Crippen LogP contribution in [0.3, 0.4) is 0 Å². The fourth-order valence-electron chi connectivity index (χ4n) is 4.70. The zero-order valence-electron chi connectivity index (χ0n) is 16.9. The topological polar surface area (TPSA) is 68.2 Å². The second kappa shape index (κ2) is 9.03. The second-order valence-corrected chi connectivity index (χ2v) is 9.47. The number of fused-ring (bicyclic) bond motifs is 1. The van der Waals surface area contributed by atoms with E-state index in [0.29, 0.717) is 17.9 Å². The number of hydrogen-bond donors (Lipinski definition) is 2. The van der Waals surface area contributed by atoms with Gasteiger partial charge in [0.05, 0.1) is 35.4 Å². The van der Waals surface area contributed by atoms with E-state index in [0.717, 1.165) is 39.0 Å². The molecule has 1 aliphatic carbocycles. The zero-order valence-corrected chi connectivity index (χ0v) is 17.7. The molecule has 2 unspecified atom stereocenters. The van der Waals surface area contributed by atoms with Crippen LogP contribution in [0.5, 0.6) is 0 Å². The Morgan fingerprint density at radius 1 is 1.29 bits per heavy atom. The van der Waals surface area contributed by atoms with Gasteiger partial charge in [-0.15, -0.1) is 0 Å². The first-order valence-electron chi connectivity index (χ1n) is 10.4. The van der Waals surface area contributed by atoms with Gasteiger partial charge in [0.25, 0.3) is 0 Å². The Bertz CT molecular complexity index is 816. The first-order valence-corrected chi connectivity index (χ1v) is 12.0. The Morgan fingerprint density at radius 2 is 2.11 bits per heavy atom. The number of benzene rings is 1. The van der Waals surface area contributed by atoms with Gasteiger partial charge in [0.1, 0.15) is 0 Å². The lowest BCUT2D eigenvalue weighted by molar-refractivity contribution is -0.00394. The molecule has 3 atom stereocenters. The van der Waals surface area contributed by atoms with Crippen LogP contribution in [0.4, 0.5) is 0 Å². The molecule has 0 radical (unpaired) electrons. The van der Waals surface area contributed by atoms with Crippen LogP contribution in [0.2, 0.25) is 0 Å². The quantitative estimate of drug-likeness (QED) is 0.776. The van der Waals surface area contributed by atoms with E-state index in [-0.39, 0.29) is 6.04 Å². The number of ether oxygens (including phenoxy) is 1. The van der Waals surface area contributed by atoms with E-state index >= 15 is 0 Å². The standard InChI is InChI=1S/C21H32N4O2S/c1-25-21-11-16(3-4-17(21)13-23-25)15-5-7-19(8-6-15)27-14-18-12-22-10-9-20(18)24-28(2)26/h3-4,11,13,15,18-20,22,24H,5-10,12,14H2,1-2H3/t15?,18-,19?,20?,28?/m0/s1. The summed E-state index contributed by atoms with van der Waals surface area (Å²) in [5.41, 5.74) is 2.65. The van der Waals surface area contributed by atoms with Gasteiger partial charge in [-0.3, -0.25) is 4.68 Å². The molecule has 1 saturated carbocycles. The summed E-state index contributed by atoms with van der Waals surface area (Å²) in [5.74, 6) is 1.01. The predicted octanol–water partition coefficient (Wildman–Crippen LogP) is 2.48. The summed E-state index contributed by atoms with van der Waals surface area (Å²) >= 11 is 0. The minimum Gasteiger partial charge on any atom is -0.378 e. The van der Waals surface area contributed by atoms with Gasteiger partial charge in [-0.1, -0.05) is 12.1 Å². The van der Waals surface area contributed by atoms with Crippen LogP contribution in [0.25, 0.3) is 10.9 Å². The molecule has 6 nitrogen and oxygen atoms in total. The first kappa shape index (κ1) is 20.0. The minimum atomic E-state index is -0.967. The molecule has 0 amide bonds. The van der Waals surface area contributed by atoms with Crippen molar-refractivity contribution in [1.29, 1.82) is 0 Å². The molecule has 2 N–H and O–H groups in total. The van der Waals surface area contributed by atoms with Crippen LogP contribution in [0.15, 0.2) is 24.4 Å². The lowest BCUT2D eigenvalue weighted by atomic mass is 9.82. The maximum atomic E-state index is 11.6. The molecule has 1 aliphatic heterocycles. The Kier molecular flexibility index (Phi) is 6.45. The summed E-state index contributed by atoms with van der Waals surface area (Å²) in [6.45, 7) is 2.67. The van der Waals surface area contributed by atoms with Gasteiger partial charge in [-0.25, -0.2) is 8.93 Å². The van der Waals surface area contributed by atoms with Crippen LogP contribution in [0.1, 0.15) is 43.6 Å². The van der Waals surface area contributed by atoms with Crippen LogP contribution in [0, 0.1) is 5.92 Å². The van der Waals surface area contributed by atoms with Crippen LogP contribution >= 0.6 is 0 Å². The SMILES string of the molecule is Cn1ncc2ccc(C3CCC(OC[C@@H]4CNCCC4NS(C)=O)CC3)cc21. The molecular weight excluding hydrogens is 372 g/mol. The molecule has 0 spiro atoms. The molecule has 1 aromatic carbocycles. The molecule has 2 aliphatic rings. The smallest absolute Gasteiger partial charge is 0.0886 e. The number of nitrogens with zero attached hydrogens (tertiary/aromatic N) is 2. The van der Waals surface area contributed by atoms with E-state index in [9.17, 15) is 4.21 Å². The van der Waals surface area contributed by atoms with Gasteiger partial charge in [-0.05, 0) is 56.2 Å². The molecule has 0 bridgehead atoms. The van der Waals surface area contributed by atoms with Gasteiger partial charge in [0.15, 0.2) is 0 Å². The fourth-order valence-corrected chi connectivity index (χ4v) is 5.44. The lowest BCUT2D eigenvalue weighted by Gasteiger charge is -2.34. The summed E-state index contributed by atoms with van der Waals surface area (Å²) in [4.78, 5) is 0. The predicted molar refractivity (Wildman–Crippen MR) is 114 cm³/mol. The van der Waals surface area contributed by atoms with E-state index in [4.69, 9.17) is 4.74 Å². The first-order chi connectivity index (χ1) is 13.6. The van der Waals surface area contributed by atoms with Crippen molar-refractivity contribution in [2.75, 3.05) is 26.0 Å². The molecule has 2 heterocycles. The Balaban J connectivity index is 1.29. The number of rotatable bonds is 6. The molecular formula is C21H32N4O2S. The van der Waals surface area contributed by atoms with E-state index < -0.39 is 11.0 Å². The summed E-state index contributed by atoms with van der Waals surface area (Å²) in [6, 6.07) is 7.06. The van der Waals surface area contributed by atoms with Crippen molar-refractivity contribution in [3.63, 3.8) is 0 Å². The monoisotopic (exact) mass is 404 g/mol. The van der Waals surface area contributed by atoms with E-state index in [2.05, 4.69) is 33.3 Å². The fraction of sp³-hybridized carbons (Fsp3) is 0.667. The van der Waals surface area contributed by atoms with Crippen LogP contribution < -0.4 is 10.0 Å². The number of hydrogen-bond acceptors (Lipinski definition) is 4. The zero-order chi connectivity index (χ0) is 19.5. The third-order valence-corrected chi connectivity index (χ3v) is 7.02. The molecule has 28 heavy (non-hydrogen) atoms. The maximum absolute atomic E-state index is 11.6. The Hall–Kier alpha value is -1.28. The molecule has 2 aromatic rings. The van der Waals surface area contributed by atoms with Gasteiger partial charge >= 0.3 is 0 Å². The van der Waals surface area contributed by atoms with E-state index in [1.165, 1.54) is 29.3 Å². The average molecular weight is 405 g/mol. The third kappa shape index (κ3) is 4.64. The summed E-state index contributed by atoms with van der Waals surface area (Å²) in [5, 5.41) is 9.01. The summed E-state index contributed by atoms with van der Waals surface area (Å²) in [7, 11) is 1.04. The number of aromatic nitrogens is 2. The molecule has 1 aromatic heterocycles. The third-order valence-electron chi connectivity index (χ3n) is 6.39. The van der Waals surface area contributed by atoms with Crippen molar-refractivity contribution < 1.29 is 8.95 Å². The van der Waals surface area contributed by atoms with Gasteiger partial charge in [-0.2, -0.15) is 5.10 Å². The number of piperidine rings is 1. The van der Waals surface area contributed by atoms with Gasteiger partial charge in [0, 0.05) is 37.2 Å². The van der Waals surface area contributed by atoms with E-state index in [1.807, 2.05) is 17.9 Å². The van der Waals surface area contributed by atoms with Crippen molar-refractivity contribution in [3.05, 3.63) is 30.0 Å². The molecule has 4 rings (SSSR count). The largest absolute Gasteiger partial charge is 0.378 e. The Morgan fingerprint density at radius 3 is 2.89 bits per heavy atom. The van der Waals surface area contributed by atoms with Crippen molar-refractivity contribution >= 4 is 21.9 Å². The van der Waals surface area contributed by atoms with Crippen LogP contribution in [-0.4, -0.2) is 52.1 Å². The van der Waals surface area contributed by atoms with Crippen molar-refractivity contribution in [2.24, 2.45) is 13.0 Å². The van der Waals surface area contributed by atoms with E-state index in [1.54, 1.807) is 6.26 Å². The van der Waals surface area contributed by atoms with Crippen molar-refractivity contribution in [2.45, 2.75) is 50.2 Å². The highest BCUT2D eigenvalue weighted by Crippen LogP contribution is 2.35.